The van der Waals surface area contributed by atoms with Gasteiger partial charge < -0.3 is 31.2 Å². The van der Waals surface area contributed by atoms with E-state index in [4.69, 9.17) is 15.2 Å². The van der Waals surface area contributed by atoms with E-state index in [0.29, 0.717) is 22.9 Å². The lowest BCUT2D eigenvalue weighted by Crippen LogP contribution is -2.57. The number of alkyl carbamates (subject to hydrolysis) is 1. The van der Waals surface area contributed by atoms with Gasteiger partial charge >= 0.3 is 12.1 Å². The SMILES string of the molecule is CC(C)[C@H](NC(=O)[C@@H](Cc1cn(C=O)c2ccccc12)NC(=O)[C@H](CCC(N)=O)NC(=O)OC(C)(C)C)C(=O)OCc1ccccc1. The molecule has 5 N–H and O–H groups in total. The monoisotopic (exact) mass is 649 g/mol. The average molecular weight is 650 g/mol. The van der Waals surface area contributed by atoms with Crippen LogP contribution in [0.4, 0.5) is 4.79 Å². The predicted octanol–water partition coefficient (Wildman–Crippen LogP) is 2.75. The van der Waals surface area contributed by atoms with Crippen LogP contribution in [0.25, 0.3) is 10.9 Å². The van der Waals surface area contributed by atoms with Gasteiger partial charge in [0.15, 0.2) is 0 Å². The third-order valence-electron chi connectivity index (χ3n) is 7.12. The van der Waals surface area contributed by atoms with Gasteiger partial charge in [-0.3, -0.25) is 23.7 Å². The van der Waals surface area contributed by atoms with Gasteiger partial charge in [-0.15, -0.1) is 0 Å². The average Bonchev–Trinajstić information content (AvgIpc) is 3.36. The highest BCUT2D eigenvalue weighted by molar-refractivity contribution is 5.95. The number of amides is 4. The number of rotatable bonds is 15. The van der Waals surface area contributed by atoms with Gasteiger partial charge in [-0.1, -0.05) is 62.4 Å². The van der Waals surface area contributed by atoms with E-state index in [9.17, 15) is 28.8 Å². The molecule has 0 saturated heterocycles. The lowest BCUT2D eigenvalue weighted by atomic mass is 10.0. The maximum Gasteiger partial charge on any atom is 0.408 e. The van der Waals surface area contributed by atoms with Crippen LogP contribution in [0.3, 0.4) is 0 Å². The Kier molecular flexibility index (Phi) is 12.6. The number of carbonyl (C=O) groups excluding carboxylic acids is 6. The van der Waals surface area contributed by atoms with E-state index >= 15 is 0 Å². The summed E-state index contributed by atoms with van der Waals surface area (Å²) in [6, 6.07) is 12.5. The second-order valence-electron chi connectivity index (χ2n) is 12.5. The number of hydrogen-bond donors (Lipinski definition) is 4. The summed E-state index contributed by atoms with van der Waals surface area (Å²) in [5.74, 6) is -3.23. The van der Waals surface area contributed by atoms with Crippen LogP contribution in [0, 0.1) is 5.92 Å². The van der Waals surface area contributed by atoms with Gasteiger partial charge in [0.1, 0.15) is 30.3 Å². The van der Waals surface area contributed by atoms with E-state index in [-0.39, 0.29) is 31.8 Å². The number of aromatic nitrogens is 1. The Hall–Kier alpha value is -5.20. The van der Waals surface area contributed by atoms with Gasteiger partial charge in [0.25, 0.3) is 0 Å². The first-order valence-electron chi connectivity index (χ1n) is 15.3. The molecule has 0 saturated carbocycles. The van der Waals surface area contributed by atoms with E-state index in [1.807, 2.05) is 18.2 Å². The Labute approximate surface area is 273 Å². The summed E-state index contributed by atoms with van der Waals surface area (Å²) in [5.41, 5.74) is 6.37. The molecular formula is C34H43N5O8. The van der Waals surface area contributed by atoms with E-state index in [1.165, 1.54) is 4.57 Å². The quantitative estimate of drug-likeness (QED) is 0.143. The normalized spacial score (nSPS) is 13.2. The van der Waals surface area contributed by atoms with Crippen molar-refractivity contribution in [3.8, 4) is 0 Å². The zero-order valence-corrected chi connectivity index (χ0v) is 27.3. The molecule has 0 bridgehead atoms. The summed E-state index contributed by atoms with van der Waals surface area (Å²) in [4.78, 5) is 76.6. The minimum absolute atomic E-state index is 0.00199. The number of primary amides is 1. The highest BCUT2D eigenvalue weighted by atomic mass is 16.6. The van der Waals surface area contributed by atoms with Gasteiger partial charge in [0.2, 0.25) is 24.1 Å². The molecule has 13 nitrogen and oxygen atoms in total. The Balaban J connectivity index is 1.90. The minimum Gasteiger partial charge on any atom is -0.459 e. The topological polar surface area (TPSA) is 188 Å². The molecule has 0 fully saturated rings. The second-order valence-corrected chi connectivity index (χ2v) is 12.5. The van der Waals surface area contributed by atoms with Crippen LogP contribution in [0.5, 0.6) is 0 Å². The van der Waals surface area contributed by atoms with Gasteiger partial charge in [-0.25, -0.2) is 9.59 Å². The largest absolute Gasteiger partial charge is 0.459 e. The number of benzene rings is 2. The molecule has 252 valence electrons. The second kappa shape index (κ2) is 16.4. The number of para-hydroxylation sites is 1. The first-order valence-corrected chi connectivity index (χ1v) is 15.3. The smallest absolute Gasteiger partial charge is 0.408 e. The van der Waals surface area contributed by atoms with E-state index in [2.05, 4.69) is 16.0 Å². The molecule has 0 unspecified atom stereocenters. The first kappa shape index (κ1) is 36.3. The molecule has 2 aromatic carbocycles. The van der Waals surface area contributed by atoms with Crippen molar-refractivity contribution in [2.45, 2.75) is 84.2 Å². The molecule has 0 aliphatic carbocycles. The lowest BCUT2D eigenvalue weighted by molar-refractivity contribution is -0.150. The highest BCUT2D eigenvalue weighted by Crippen LogP contribution is 2.22. The van der Waals surface area contributed by atoms with Crippen LogP contribution in [-0.2, 0) is 46.5 Å². The zero-order chi connectivity index (χ0) is 34.7. The van der Waals surface area contributed by atoms with Crippen molar-refractivity contribution in [3.63, 3.8) is 0 Å². The van der Waals surface area contributed by atoms with Crippen molar-refractivity contribution < 1.29 is 38.2 Å². The summed E-state index contributed by atoms with van der Waals surface area (Å²) in [7, 11) is 0. The van der Waals surface area contributed by atoms with Crippen LogP contribution in [0.1, 0.15) is 58.6 Å². The van der Waals surface area contributed by atoms with E-state index < -0.39 is 53.5 Å². The van der Waals surface area contributed by atoms with Gasteiger partial charge in [0.05, 0.1) is 5.52 Å². The summed E-state index contributed by atoms with van der Waals surface area (Å²) in [5, 5.41) is 8.51. The summed E-state index contributed by atoms with van der Waals surface area (Å²) < 4.78 is 12.1. The van der Waals surface area contributed by atoms with Crippen molar-refractivity contribution in [3.05, 3.63) is 71.9 Å². The molecular weight excluding hydrogens is 606 g/mol. The Morgan fingerprint density at radius 2 is 1.53 bits per heavy atom. The molecule has 3 rings (SSSR count). The molecule has 3 atom stereocenters. The maximum absolute atomic E-state index is 13.9. The molecule has 1 heterocycles. The Morgan fingerprint density at radius 3 is 2.15 bits per heavy atom. The number of ether oxygens (including phenoxy) is 2. The van der Waals surface area contributed by atoms with Crippen molar-refractivity contribution in [2.75, 3.05) is 0 Å². The summed E-state index contributed by atoms with van der Waals surface area (Å²) >= 11 is 0. The molecule has 0 radical (unpaired) electrons. The Morgan fingerprint density at radius 1 is 0.894 bits per heavy atom. The molecule has 1 aromatic heterocycles. The van der Waals surface area contributed by atoms with Crippen LogP contribution in [0.2, 0.25) is 0 Å². The maximum atomic E-state index is 13.9. The number of nitrogens with two attached hydrogens (primary N) is 1. The zero-order valence-electron chi connectivity index (χ0n) is 27.3. The third kappa shape index (κ3) is 11.0. The lowest BCUT2D eigenvalue weighted by Gasteiger charge is -2.27. The number of esters is 1. The molecule has 13 heteroatoms. The number of fused-ring (bicyclic) bond motifs is 1. The van der Waals surface area contributed by atoms with Crippen LogP contribution in [0.15, 0.2) is 60.8 Å². The van der Waals surface area contributed by atoms with Crippen LogP contribution >= 0.6 is 0 Å². The van der Waals surface area contributed by atoms with Gasteiger partial charge in [-0.2, -0.15) is 0 Å². The number of carbonyl (C=O) groups is 6. The highest BCUT2D eigenvalue weighted by Gasteiger charge is 2.33. The van der Waals surface area contributed by atoms with Crippen molar-refractivity contribution in [1.29, 1.82) is 0 Å². The molecule has 0 aliphatic rings. The fourth-order valence-electron chi connectivity index (χ4n) is 4.80. The standard InChI is InChI=1S/C34H43N5O8/c1-21(2)29(32(44)46-19-22-11-7-6-8-12-22)38-31(43)26(17-23-18-39(20-40)27-14-10-9-13-24(23)27)36-30(42)25(15-16-28(35)41)37-33(45)47-34(3,4)5/h6-14,18,20-21,25-26,29H,15-17,19H2,1-5H3,(H2,35,41)(H,36,42)(H,37,45)(H,38,43)/t25-,26+,29-/m0/s1. The minimum atomic E-state index is -1.29. The molecule has 3 aromatic rings. The van der Waals surface area contributed by atoms with E-state index in [1.54, 1.807) is 77.2 Å². The van der Waals surface area contributed by atoms with Crippen molar-refractivity contribution >= 4 is 47.1 Å². The van der Waals surface area contributed by atoms with Crippen molar-refractivity contribution in [1.82, 2.24) is 20.5 Å². The number of nitrogens with zero attached hydrogens (tertiary/aromatic N) is 1. The molecule has 0 spiro atoms. The van der Waals surface area contributed by atoms with Crippen molar-refractivity contribution in [2.24, 2.45) is 11.7 Å². The summed E-state index contributed by atoms with van der Waals surface area (Å²) in [6.45, 7) is 8.43. The fourth-order valence-corrected chi connectivity index (χ4v) is 4.80. The van der Waals surface area contributed by atoms with Crippen LogP contribution in [-0.4, -0.2) is 64.5 Å². The summed E-state index contributed by atoms with van der Waals surface area (Å²) in [6.07, 6.45) is 0.791. The fraction of sp³-hybridized carbons (Fsp3) is 0.412. The molecule has 0 aliphatic heterocycles. The number of nitrogens with one attached hydrogen (secondary N) is 3. The van der Waals surface area contributed by atoms with Crippen LogP contribution < -0.4 is 21.7 Å². The Bertz CT molecular complexity index is 1580. The van der Waals surface area contributed by atoms with Gasteiger partial charge in [0, 0.05) is 24.4 Å². The predicted molar refractivity (Wildman–Crippen MR) is 174 cm³/mol. The van der Waals surface area contributed by atoms with Gasteiger partial charge in [-0.05, 0) is 50.3 Å². The third-order valence-corrected chi connectivity index (χ3v) is 7.12. The van der Waals surface area contributed by atoms with E-state index in [0.717, 1.165) is 5.56 Å². The molecule has 47 heavy (non-hydrogen) atoms. The first-order chi connectivity index (χ1) is 22.2. The number of hydrogen-bond acceptors (Lipinski definition) is 8. The molecule has 4 amide bonds.